The van der Waals surface area contributed by atoms with Crippen molar-refractivity contribution in [3.05, 3.63) is 35.4 Å². The van der Waals surface area contributed by atoms with Crippen molar-refractivity contribution >= 4 is 5.97 Å². The van der Waals surface area contributed by atoms with Gasteiger partial charge in [0.2, 0.25) is 0 Å². The van der Waals surface area contributed by atoms with Crippen molar-refractivity contribution < 1.29 is 18.7 Å². The smallest absolute Gasteiger partial charge is 0.304 e. The molecule has 1 rings (SSSR count). The fraction of sp³-hybridized carbons (Fsp3) is 0.300. The van der Waals surface area contributed by atoms with Crippen LogP contribution >= 0.6 is 0 Å². The van der Waals surface area contributed by atoms with E-state index >= 15 is 0 Å². The van der Waals surface area contributed by atoms with Crippen molar-refractivity contribution in [3.63, 3.8) is 0 Å². The summed E-state index contributed by atoms with van der Waals surface area (Å²) in [7, 11) is 0. The van der Waals surface area contributed by atoms with Crippen LogP contribution in [0.25, 0.3) is 0 Å². The van der Waals surface area contributed by atoms with Crippen molar-refractivity contribution in [2.24, 2.45) is 5.73 Å². The van der Waals surface area contributed by atoms with Gasteiger partial charge >= 0.3 is 5.97 Å². The van der Waals surface area contributed by atoms with Crippen molar-refractivity contribution in [3.8, 4) is 0 Å². The Morgan fingerprint density at radius 1 is 1.40 bits per heavy atom. The Hall–Kier alpha value is -1.49. The summed E-state index contributed by atoms with van der Waals surface area (Å²) in [4.78, 5) is 10.5. The first-order chi connectivity index (χ1) is 7.04. The van der Waals surface area contributed by atoms with E-state index in [9.17, 15) is 13.6 Å². The number of halogens is 2. The van der Waals surface area contributed by atoms with Crippen LogP contribution in [0.3, 0.4) is 0 Å². The SMILES string of the molecule is NCC(CC(=O)O)c1ccc(F)c(F)c1. The zero-order chi connectivity index (χ0) is 11.4. The first-order valence-corrected chi connectivity index (χ1v) is 4.41. The van der Waals surface area contributed by atoms with Gasteiger partial charge in [-0.25, -0.2) is 8.78 Å². The quantitative estimate of drug-likeness (QED) is 0.799. The Kier molecular flexibility index (Phi) is 3.74. The average molecular weight is 215 g/mol. The number of rotatable bonds is 4. The lowest BCUT2D eigenvalue weighted by atomic mass is 9.96. The molecule has 0 amide bonds. The van der Waals surface area contributed by atoms with Gasteiger partial charge in [-0.2, -0.15) is 0 Å². The summed E-state index contributed by atoms with van der Waals surface area (Å²) in [6, 6.07) is 3.30. The highest BCUT2D eigenvalue weighted by Gasteiger charge is 2.15. The molecule has 0 radical (unpaired) electrons. The molecule has 0 aromatic heterocycles. The van der Waals surface area contributed by atoms with E-state index < -0.39 is 23.5 Å². The Bertz CT molecular complexity index is 368. The summed E-state index contributed by atoms with van der Waals surface area (Å²) in [5, 5.41) is 8.58. The Morgan fingerprint density at radius 3 is 2.53 bits per heavy atom. The molecule has 15 heavy (non-hydrogen) atoms. The number of benzene rings is 1. The van der Waals surface area contributed by atoms with Gasteiger partial charge in [-0.3, -0.25) is 4.79 Å². The van der Waals surface area contributed by atoms with Crippen molar-refractivity contribution in [1.29, 1.82) is 0 Å². The van der Waals surface area contributed by atoms with E-state index in [1.807, 2.05) is 0 Å². The summed E-state index contributed by atoms with van der Waals surface area (Å²) in [5.74, 6) is -3.45. The van der Waals surface area contributed by atoms with E-state index in [4.69, 9.17) is 10.8 Å². The van der Waals surface area contributed by atoms with E-state index in [-0.39, 0.29) is 13.0 Å². The molecule has 0 fully saturated rings. The minimum Gasteiger partial charge on any atom is -0.481 e. The van der Waals surface area contributed by atoms with E-state index in [0.717, 1.165) is 12.1 Å². The zero-order valence-corrected chi connectivity index (χ0v) is 7.91. The standard InChI is InChI=1S/C10H11F2NO2/c11-8-2-1-6(3-9(8)12)7(5-13)4-10(14)15/h1-3,7H,4-5,13H2,(H,14,15). The molecule has 0 aliphatic rings. The molecule has 1 atom stereocenters. The fourth-order valence-electron chi connectivity index (χ4n) is 1.31. The average Bonchev–Trinajstić information content (AvgIpc) is 2.18. The summed E-state index contributed by atoms with van der Waals surface area (Å²) in [5.41, 5.74) is 5.76. The Morgan fingerprint density at radius 2 is 2.07 bits per heavy atom. The van der Waals surface area contributed by atoms with Gasteiger partial charge in [0.25, 0.3) is 0 Å². The van der Waals surface area contributed by atoms with Crippen LogP contribution in [0.1, 0.15) is 17.9 Å². The molecule has 1 unspecified atom stereocenters. The van der Waals surface area contributed by atoms with Gasteiger partial charge < -0.3 is 10.8 Å². The maximum atomic E-state index is 12.9. The monoisotopic (exact) mass is 215 g/mol. The molecule has 0 saturated carbocycles. The minimum absolute atomic E-state index is 0.0807. The van der Waals surface area contributed by atoms with Gasteiger partial charge in [-0.15, -0.1) is 0 Å². The third-order valence-corrected chi connectivity index (χ3v) is 2.12. The van der Waals surface area contributed by atoms with E-state index in [0.29, 0.717) is 5.56 Å². The third kappa shape index (κ3) is 2.99. The molecular weight excluding hydrogens is 204 g/mol. The molecule has 0 heterocycles. The lowest BCUT2D eigenvalue weighted by Crippen LogP contribution is -2.16. The molecule has 0 aliphatic carbocycles. The maximum absolute atomic E-state index is 12.9. The lowest BCUT2D eigenvalue weighted by Gasteiger charge is -2.12. The van der Waals surface area contributed by atoms with Gasteiger partial charge in [0.05, 0.1) is 6.42 Å². The summed E-state index contributed by atoms with van der Waals surface area (Å²) >= 11 is 0. The number of carbonyl (C=O) groups is 1. The first-order valence-electron chi connectivity index (χ1n) is 4.41. The minimum atomic E-state index is -1.02. The molecule has 5 heteroatoms. The van der Waals surface area contributed by atoms with Crippen LogP contribution in [0.4, 0.5) is 8.78 Å². The topological polar surface area (TPSA) is 63.3 Å². The van der Waals surface area contributed by atoms with E-state index in [1.54, 1.807) is 0 Å². The second kappa shape index (κ2) is 4.84. The summed E-state index contributed by atoms with van der Waals surface area (Å²) < 4.78 is 25.5. The van der Waals surface area contributed by atoms with Gasteiger partial charge in [0.1, 0.15) is 0 Å². The molecule has 1 aromatic rings. The zero-order valence-electron chi connectivity index (χ0n) is 7.91. The molecular formula is C10H11F2NO2. The van der Waals surface area contributed by atoms with Crippen molar-refractivity contribution in [2.45, 2.75) is 12.3 Å². The van der Waals surface area contributed by atoms with E-state index in [1.165, 1.54) is 6.07 Å². The molecule has 1 aromatic carbocycles. The highest BCUT2D eigenvalue weighted by molar-refractivity contribution is 5.68. The summed E-state index contributed by atoms with van der Waals surface area (Å²) in [6.45, 7) is 0.0807. The molecule has 0 bridgehead atoms. The van der Waals surface area contributed by atoms with Crippen LogP contribution in [0.2, 0.25) is 0 Å². The van der Waals surface area contributed by atoms with Gasteiger partial charge in [-0.05, 0) is 24.2 Å². The number of hydrogen-bond donors (Lipinski definition) is 2. The number of nitrogens with two attached hydrogens (primary N) is 1. The predicted molar refractivity (Wildman–Crippen MR) is 50.4 cm³/mol. The predicted octanol–water partition coefficient (Wildman–Crippen LogP) is 1.48. The first kappa shape index (κ1) is 11.6. The molecule has 82 valence electrons. The number of carboxylic acid groups (broad SMARTS) is 1. The third-order valence-electron chi connectivity index (χ3n) is 2.12. The molecule has 0 aliphatic heterocycles. The molecule has 0 spiro atoms. The van der Waals surface area contributed by atoms with E-state index in [2.05, 4.69) is 0 Å². The van der Waals surface area contributed by atoms with Crippen LogP contribution in [0.5, 0.6) is 0 Å². The lowest BCUT2D eigenvalue weighted by molar-refractivity contribution is -0.137. The van der Waals surface area contributed by atoms with Crippen molar-refractivity contribution in [1.82, 2.24) is 0 Å². The van der Waals surface area contributed by atoms with Crippen molar-refractivity contribution in [2.75, 3.05) is 6.54 Å². The molecule has 0 saturated heterocycles. The number of carboxylic acids is 1. The van der Waals surface area contributed by atoms with Crippen LogP contribution in [0.15, 0.2) is 18.2 Å². The second-order valence-electron chi connectivity index (χ2n) is 3.20. The fourth-order valence-corrected chi connectivity index (χ4v) is 1.31. The normalized spacial score (nSPS) is 12.5. The Balaban J connectivity index is 2.92. The number of hydrogen-bond acceptors (Lipinski definition) is 2. The van der Waals surface area contributed by atoms with Crippen LogP contribution in [0, 0.1) is 11.6 Å². The molecule has 3 nitrogen and oxygen atoms in total. The molecule has 3 N–H and O–H groups in total. The van der Waals surface area contributed by atoms with Crippen LogP contribution in [-0.2, 0) is 4.79 Å². The van der Waals surface area contributed by atoms with Crippen LogP contribution < -0.4 is 5.73 Å². The van der Waals surface area contributed by atoms with Gasteiger partial charge in [0, 0.05) is 5.92 Å². The van der Waals surface area contributed by atoms with Crippen LogP contribution in [-0.4, -0.2) is 17.6 Å². The maximum Gasteiger partial charge on any atom is 0.304 e. The second-order valence-corrected chi connectivity index (χ2v) is 3.20. The highest BCUT2D eigenvalue weighted by atomic mass is 19.2. The highest BCUT2D eigenvalue weighted by Crippen LogP contribution is 2.20. The Labute approximate surface area is 85.5 Å². The van der Waals surface area contributed by atoms with Gasteiger partial charge in [0.15, 0.2) is 11.6 Å². The van der Waals surface area contributed by atoms with Gasteiger partial charge in [-0.1, -0.05) is 6.07 Å². The number of aliphatic carboxylic acids is 1. The largest absolute Gasteiger partial charge is 0.481 e. The summed E-state index contributed by atoms with van der Waals surface area (Å²) in [6.07, 6.45) is -0.193.